The molecule has 2 heterocycles. The lowest BCUT2D eigenvalue weighted by atomic mass is 9.99. The highest BCUT2D eigenvalue weighted by Crippen LogP contribution is 2.30. The van der Waals surface area contributed by atoms with Gasteiger partial charge in [-0.3, -0.25) is 14.9 Å². The predicted octanol–water partition coefficient (Wildman–Crippen LogP) is 1.42. The number of benzene rings is 1. The highest BCUT2D eigenvalue weighted by molar-refractivity contribution is 6.39. The van der Waals surface area contributed by atoms with Crippen molar-refractivity contribution in [1.82, 2.24) is 15.5 Å². The van der Waals surface area contributed by atoms with E-state index in [4.69, 9.17) is 23.2 Å². The summed E-state index contributed by atoms with van der Waals surface area (Å²) in [6.45, 7) is 0.443. The number of likely N-dealkylation sites (tertiary alicyclic amines) is 1. The number of rotatable bonds is 1. The SMILES string of the molecule is O=C1NC(=O)C2(CCN(C(=O)c3c(Cl)cccc3Cl)C2)N1. The summed E-state index contributed by atoms with van der Waals surface area (Å²) < 4.78 is 0. The Balaban J connectivity index is 1.85. The predicted molar refractivity (Wildman–Crippen MR) is 76.4 cm³/mol. The summed E-state index contributed by atoms with van der Waals surface area (Å²) in [6, 6.07) is 4.27. The number of hydrogen-bond donors (Lipinski definition) is 2. The fourth-order valence-corrected chi connectivity index (χ4v) is 3.22. The van der Waals surface area contributed by atoms with Crippen LogP contribution in [0.15, 0.2) is 18.2 Å². The van der Waals surface area contributed by atoms with Crippen molar-refractivity contribution in [3.8, 4) is 0 Å². The summed E-state index contributed by atoms with van der Waals surface area (Å²) in [5.74, 6) is -0.760. The van der Waals surface area contributed by atoms with E-state index in [9.17, 15) is 14.4 Å². The summed E-state index contributed by atoms with van der Waals surface area (Å²) in [5, 5.41) is 5.29. The van der Waals surface area contributed by atoms with Crippen molar-refractivity contribution >= 4 is 41.0 Å². The number of amides is 4. The number of imide groups is 1. The lowest BCUT2D eigenvalue weighted by Crippen LogP contribution is -2.49. The number of urea groups is 1. The van der Waals surface area contributed by atoms with Crippen LogP contribution in [0, 0.1) is 0 Å². The summed E-state index contributed by atoms with van der Waals surface area (Å²) in [4.78, 5) is 37.1. The molecule has 2 N–H and O–H groups in total. The van der Waals surface area contributed by atoms with E-state index in [1.807, 2.05) is 0 Å². The third-order valence-electron chi connectivity index (χ3n) is 3.75. The maximum absolute atomic E-state index is 12.5. The molecule has 110 valence electrons. The Hall–Kier alpha value is -1.79. The van der Waals surface area contributed by atoms with Crippen LogP contribution in [0.25, 0.3) is 0 Å². The Morgan fingerprint density at radius 1 is 1.24 bits per heavy atom. The van der Waals surface area contributed by atoms with Crippen LogP contribution in [-0.4, -0.2) is 41.4 Å². The first-order valence-electron chi connectivity index (χ1n) is 6.30. The Kier molecular flexibility index (Phi) is 3.30. The van der Waals surface area contributed by atoms with Crippen LogP contribution in [0.1, 0.15) is 16.8 Å². The molecule has 2 aliphatic heterocycles. The molecule has 0 radical (unpaired) electrons. The second-order valence-corrected chi connectivity index (χ2v) is 5.88. The first-order valence-corrected chi connectivity index (χ1v) is 7.05. The quantitative estimate of drug-likeness (QED) is 0.765. The zero-order valence-electron chi connectivity index (χ0n) is 10.8. The highest BCUT2D eigenvalue weighted by Gasteiger charge is 2.51. The average molecular weight is 328 g/mol. The van der Waals surface area contributed by atoms with E-state index in [0.717, 1.165) is 0 Å². The first-order chi connectivity index (χ1) is 9.93. The van der Waals surface area contributed by atoms with E-state index in [1.165, 1.54) is 4.90 Å². The zero-order chi connectivity index (χ0) is 15.2. The molecule has 0 bridgehead atoms. The minimum atomic E-state index is -1.04. The van der Waals surface area contributed by atoms with Gasteiger partial charge >= 0.3 is 6.03 Å². The number of halogens is 2. The Morgan fingerprint density at radius 3 is 2.48 bits per heavy atom. The standard InChI is InChI=1S/C13H11Cl2N3O3/c14-7-2-1-3-8(15)9(7)10(19)18-5-4-13(6-18)11(20)16-12(21)17-13/h1-3H,4-6H2,(H2,16,17,20,21). The van der Waals surface area contributed by atoms with Crippen molar-refractivity contribution in [3.05, 3.63) is 33.8 Å². The molecule has 1 atom stereocenters. The van der Waals surface area contributed by atoms with Crippen molar-refractivity contribution in [3.63, 3.8) is 0 Å². The van der Waals surface area contributed by atoms with Gasteiger partial charge < -0.3 is 10.2 Å². The second kappa shape index (κ2) is 4.89. The van der Waals surface area contributed by atoms with Crippen molar-refractivity contribution in [1.29, 1.82) is 0 Å². The third-order valence-corrected chi connectivity index (χ3v) is 4.38. The van der Waals surface area contributed by atoms with Gasteiger partial charge in [0.25, 0.3) is 11.8 Å². The van der Waals surface area contributed by atoms with E-state index < -0.39 is 17.5 Å². The van der Waals surface area contributed by atoms with Crippen LogP contribution in [0.3, 0.4) is 0 Å². The first kappa shape index (κ1) is 14.2. The van der Waals surface area contributed by atoms with Gasteiger partial charge in [-0.25, -0.2) is 4.79 Å². The van der Waals surface area contributed by atoms with Gasteiger partial charge in [0.2, 0.25) is 0 Å². The Morgan fingerprint density at radius 2 is 1.90 bits per heavy atom. The fourth-order valence-electron chi connectivity index (χ4n) is 2.66. The molecule has 0 aromatic heterocycles. The molecule has 1 spiro atoms. The lowest BCUT2D eigenvalue weighted by Gasteiger charge is -2.21. The Bertz CT molecular complexity index is 644. The highest BCUT2D eigenvalue weighted by atomic mass is 35.5. The number of hydrogen-bond acceptors (Lipinski definition) is 3. The fraction of sp³-hybridized carbons (Fsp3) is 0.308. The molecule has 1 aromatic carbocycles. The Labute approximate surface area is 130 Å². The van der Waals surface area contributed by atoms with Gasteiger partial charge in [-0.15, -0.1) is 0 Å². The van der Waals surface area contributed by atoms with Crippen molar-refractivity contribution in [2.45, 2.75) is 12.0 Å². The smallest absolute Gasteiger partial charge is 0.322 e. The molecule has 4 amide bonds. The molecule has 8 heteroatoms. The maximum atomic E-state index is 12.5. The van der Waals surface area contributed by atoms with Crippen molar-refractivity contribution in [2.75, 3.05) is 13.1 Å². The minimum absolute atomic E-state index is 0.102. The van der Waals surface area contributed by atoms with Crippen molar-refractivity contribution in [2.24, 2.45) is 0 Å². The van der Waals surface area contributed by atoms with Gasteiger partial charge in [-0.1, -0.05) is 29.3 Å². The third kappa shape index (κ3) is 2.24. The topological polar surface area (TPSA) is 78.5 Å². The number of nitrogens with one attached hydrogen (secondary N) is 2. The van der Waals surface area contributed by atoms with Gasteiger partial charge in [-0.05, 0) is 18.6 Å². The van der Waals surface area contributed by atoms with Crippen LogP contribution < -0.4 is 10.6 Å². The van der Waals surface area contributed by atoms with E-state index in [-0.39, 0.29) is 28.1 Å². The van der Waals surface area contributed by atoms with Gasteiger partial charge in [0.15, 0.2) is 0 Å². The molecular weight excluding hydrogens is 317 g/mol. The maximum Gasteiger partial charge on any atom is 0.322 e. The molecule has 6 nitrogen and oxygen atoms in total. The van der Waals surface area contributed by atoms with Gasteiger partial charge in [0.1, 0.15) is 5.54 Å². The molecule has 2 aliphatic rings. The largest absolute Gasteiger partial charge is 0.336 e. The molecule has 2 fully saturated rings. The minimum Gasteiger partial charge on any atom is -0.336 e. The molecule has 0 aliphatic carbocycles. The van der Waals surface area contributed by atoms with E-state index in [1.54, 1.807) is 18.2 Å². The zero-order valence-corrected chi connectivity index (χ0v) is 12.3. The lowest BCUT2D eigenvalue weighted by molar-refractivity contribution is -0.123. The summed E-state index contributed by atoms with van der Waals surface area (Å²) in [7, 11) is 0. The molecule has 1 unspecified atom stereocenters. The van der Waals surface area contributed by atoms with Crippen LogP contribution in [-0.2, 0) is 4.79 Å². The van der Waals surface area contributed by atoms with Crippen LogP contribution >= 0.6 is 23.2 Å². The molecule has 21 heavy (non-hydrogen) atoms. The summed E-state index contributed by atoms with van der Waals surface area (Å²) in [6.07, 6.45) is 0.360. The van der Waals surface area contributed by atoms with Gasteiger partial charge in [-0.2, -0.15) is 0 Å². The van der Waals surface area contributed by atoms with Gasteiger partial charge in [0.05, 0.1) is 22.2 Å². The normalized spacial score (nSPS) is 24.4. The summed E-state index contributed by atoms with van der Waals surface area (Å²) >= 11 is 12.0. The van der Waals surface area contributed by atoms with Crippen LogP contribution in [0.5, 0.6) is 0 Å². The van der Waals surface area contributed by atoms with E-state index >= 15 is 0 Å². The number of carbonyl (C=O) groups excluding carboxylic acids is 3. The second-order valence-electron chi connectivity index (χ2n) is 5.06. The van der Waals surface area contributed by atoms with Crippen molar-refractivity contribution < 1.29 is 14.4 Å². The van der Waals surface area contributed by atoms with Crippen LogP contribution in [0.4, 0.5) is 4.79 Å². The van der Waals surface area contributed by atoms with E-state index in [0.29, 0.717) is 13.0 Å². The van der Waals surface area contributed by atoms with E-state index in [2.05, 4.69) is 10.6 Å². The van der Waals surface area contributed by atoms with Crippen LogP contribution in [0.2, 0.25) is 10.0 Å². The number of nitrogens with zero attached hydrogens (tertiary/aromatic N) is 1. The molecule has 0 saturated carbocycles. The monoisotopic (exact) mass is 327 g/mol. The molecule has 2 saturated heterocycles. The molecule has 1 aromatic rings. The van der Waals surface area contributed by atoms with Gasteiger partial charge in [0, 0.05) is 6.54 Å². The average Bonchev–Trinajstić information content (AvgIpc) is 2.94. The molecular formula is C13H11Cl2N3O3. The number of carbonyl (C=O) groups is 3. The molecule has 3 rings (SSSR count). The summed E-state index contributed by atoms with van der Waals surface area (Å²) in [5.41, 5.74) is -0.830.